The minimum absolute atomic E-state index is 0.0566. The van der Waals surface area contributed by atoms with Crippen LogP contribution in [-0.4, -0.2) is 79.2 Å². The molecule has 0 spiro atoms. The first kappa shape index (κ1) is 29.7. The van der Waals surface area contributed by atoms with E-state index in [2.05, 4.69) is 10.6 Å². The van der Waals surface area contributed by atoms with Gasteiger partial charge in [-0.15, -0.1) is 0 Å². The van der Waals surface area contributed by atoms with Gasteiger partial charge in [-0.25, -0.2) is 8.78 Å². The van der Waals surface area contributed by atoms with E-state index in [1.165, 1.54) is 7.11 Å². The lowest BCUT2D eigenvalue weighted by Gasteiger charge is -2.39. The molecule has 2 saturated carbocycles. The Labute approximate surface area is 252 Å². The molecule has 3 fully saturated rings. The zero-order valence-electron chi connectivity index (χ0n) is 24.3. The molecule has 3 aliphatic rings. The molecule has 2 aromatic carbocycles. The number of rotatable bonds is 8. The van der Waals surface area contributed by atoms with E-state index in [0.29, 0.717) is 61.4 Å². The number of alkyl halides is 2. The van der Waals surface area contributed by atoms with Crippen LogP contribution in [0.2, 0.25) is 0 Å². The number of amides is 3. The second-order valence-corrected chi connectivity index (χ2v) is 11.8. The molecule has 2 aliphatic carbocycles. The Morgan fingerprint density at radius 2 is 1.61 bits per heavy atom. The van der Waals surface area contributed by atoms with Crippen LogP contribution in [-0.2, 0) is 9.53 Å². The van der Waals surface area contributed by atoms with Gasteiger partial charge in [0.15, 0.2) is 5.76 Å². The number of halogens is 2. The number of carbonyl (C=O) groups excluding carboxylic acids is 3. The number of fused-ring (bicyclic) bond motifs is 1. The topological polar surface area (TPSA) is 134 Å². The maximum Gasteiger partial charge on any atom is 0.287 e. The molecule has 6 rings (SSSR count). The van der Waals surface area contributed by atoms with E-state index in [4.69, 9.17) is 19.3 Å². The molecular weight excluding hydrogens is 574 g/mol. The van der Waals surface area contributed by atoms with Crippen molar-refractivity contribution in [1.29, 1.82) is 5.41 Å². The molecule has 0 radical (unpaired) electrons. The molecule has 3 aromatic rings. The largest absolute Gasteiger partial charge is 0.496 e. The second-order valence-electron chi connectivity index (χ2n) is 11.8. The van der Waals surface area contributed by atoms with Gasteiger partial charge in [-0.2, -0.15) is 0 Å². The number of carbonyl (C=O) groups is 3. The molecule has 0 bridgehead atoms. The summed E-state index contributed by atoms with van der Waals surface area (Å²) in [5.74, 6) is -3.93. The Balaban J connectivity index is 1.23. The second kappa shape index (κ2) is 11.3. The van der Waals surface area contributed by atoms with Crippen LogP contribution in [0.4, 0.5) is 8.78 Å². The Hall–Kier alpha value is -4.32. The monoisotopic (exact) mass is 608 g/mol. The summed E-state index contributed by atoms with van der Waals surface area (Å²) in [7, 11) is 1.51. The van der Waals surface area contributed by atoms with Gasteiger partial charge in [0.1, 0.15) is 16.9 Å². The quantitative estimate of drug-likeness (QED) is 0.321. The van der Waals surface area contributed by atoms with Gasteiger partial charge in [0.2, 0.25) is 11.8 Å². The van der Waals surface area contributed by atoms with Crippen LogP contribution in [0, 0.1) is 5.41 Å². The molecule has 3 amide bonds. The van der Waals surface area contributed by atoms with Gasteiger partial charge in [-0.05, 0) is 61.1 Å². The molecule has 1 aromatic heterocycles. The number of hydrogen-bond donors (Lipinski definition) is 3. The zero-order chi connectivity index (χ0) is 31.1. The highest BCUT2D eigenvalue weighted by Gasteiger charge is 2.52. The zero-order valence-corrected chi connectivity index (χ0v) is 24.3. The van der Waals surface area contributed by atoms with E-state index in [1.54, 1.807) is 35.2 Å². The third kappa shape index (κ3) is 5.78. The number of methoxy groups -OCH3 is 1. The molecule has 44 heavy (non-hydrogen) atoms. The number of hydrogen-bond acceptors (Lipinski definition) is 7. The highest BCUT2D eigenvalue weighted by atomic mass is 19.3. The maximum absolute atomic E-state index is 14.1. The molecule has 232 valence electrons. The van der Waals surface area contributed by atoms with Crippen molar-refractivity contribution in [2.45, 2.75) is 55.5 Å². The number of morpholine rings is 1. The van der Waals surface area contributed by atoms with E-state index in [9.17, 15) is 23.2 Å². The Kier molecular flexibility index (Phi) is 7.64. The minimum Gasteiger partial charge on any atom is -0.496 e. The minimum atomic E-state index is -2.92. The van der Waals surface area contributed by atoms with Gasteiger partial charge < -0.3 is 34.8 Å². The van der Waals surface area contributed by atoms with Gasteiger partial charge in [0.25, 0.3) is 11.8 Å². The average Bonchev–Trinajstić information content (AvgIpc) is 3.68. The number of benzene rings is 2. The summed E-state index contributed by atoms with van der Waals surface area (Å²) < 4.78 is 44.9. The van der Waals surface area contributed by atoms with Crippen LogP contribution < -0.4 is 15.4 Å². The predicted octanol–water partition coefficient (Wildman–Crippen LogP) is 4.56. The third-order valence-electron chi connectivity index (χ3n) is 8.86. The van der Waals surface area contributed by atoms with E-state index in [0.717, 1.165) is 17.3 Å². The summed E-state index contributed by atoms with van der Waals surface area (Å²) in [6, 6.07) is 12.2. The highest BCUT2D eigenvalue weighted by Crippen LogP contribution is 2.41. The third-order valence-corrected chi connectivity index (χ3v) is 8.86. The lowest BCUT2D eigenvalue weighted by Crippen LogP contribution is -2.63. The Bertz CT molecular complexity index is 1620. The molecule has 12 heteroatoms. The SMILES string of the molecule is COc1cc(-c2ccc3cc(C(=O)NC4(C(=O)NC5(C=N)CC5)CCC(F)(F)CC4)oc3c2)ccc1C(=O)N1CCOCC1. The van der Waals surface area contributed by atoms with Crippen molar-refractivity contribution >= 4 is 34.9 Å². The van der Waals surface area contributed by atoms with E-state index in [-0.39, 0.29) is 24.5 Å². The number of furan rings is 1. The van der Waals surface area contributed by atoms with Crippen LogP contribution in [0.25, 0.3) is 22.1 Å². The van der Waals surface area contributed by atoms with Crippen molar-refractivity contribution in [1.82, 2.24) is 15.5 Å². The van der Waals surface area contributed by atoms with Gasteiger partial charge in [-0.3, -0.25) is 14.4 Å². The molecule has 1 saturated heterocycles. The van der Waals surface area contributed by atoms with Gasteiger partial charge in [-0.1, -0.05) is 18.2 Å². The smallest absolute Gasteiger partial charge is 0.287 e. The van der Waals surface area contributed by atoms with Crippen LogP contribution in [0.3, 0.4) is 0 Å². The van der Waals surface area contributed by atoms with E-state index < -0.39 is 41.7 Å². The van der Waals surface area contributed by atoms with Crippen molar-refractivity contribution in [3.8, 4) is 16.9 Å². The molecular formula is C32H34F2N4O6. The fourth-order valence-electron chi connectivity index (χ4n) is 5.82. The molecule has 0 unspecified atom stereocenters. The van der Waals surface area contributed by atoms with Crippen molar-refractivity contribution in [3.05, 3.63) is 53.8 Å². The molecule has 2 heterocycles. The summed E-state index contributed by atoms with van der Waals surface area (Å²) >= 11 is 0. The predicted molar refractivity (Wildman–Crippen MR) is 157 cm³/mol. The Morgan fingerprint density at radius 3 is 2.27 bits per heavy atom. The van der Waals surface area contributed by atoms with Crippen LogP contribution in [0.5, 0.6) is 5.75 Å². The van der Waals surface area contributed by atoms with E-state index >= 15 is 0 Å². The van der Waals surface area contributed by atoms with Crippen molar-refractivity contribution in [2.24, 2.45) is 0 Å². The molecule has 10 nitrogen and oxygen atoms in total. The average molecular weight is 609 g/mol. The lowest BCUT2D eigenvalue weighted by molar-refractivity contribution is -0.133. The van der Waals surface area contributed by atoms with Crippen LogP contribution in [0.1, 0.15) is 59.4 Å². The first-order valence-electron chi connectivity index (χ1n) is 14.7. The lowest BCUT2D eigenvalue weighted by atomic mass is 9.78. The van der Waals surface area contributed by atoms with Gasteiger partial charge in [0, 0.05) is 37.5 Å². The summed E-state index contributed by atoms with van der Waals surface area (Å²) in [6.07, 6.45) is 0.786. The Morgan fingerprint density at radius 1 is 0.932 bits per heavy atom. The fourth-order valence-corrected chi connectivity index (χ4v) is 5.82. The fraction of sp³-hybridized carbons (Fsp3) is 0.438. The standard InChI is InChI=1S/C32H34F2N4O6/c1-42-25-17-21(4-5-23(25)28(40)38-12-14-43-15-13-38)20-2-3-22-18-26(44-24(22)16-20)27(39)36-31(8-10-32(33,34)11-9-31)29(41)37-30(19-35)6-7-30/h2-5,16-19,35H,6-15H2,1H3,(H,36,39)(H,37,41). The molecule has 1 aliphatic heterocycles. The van der Waals surface area contributed by atoms with E-state index in [1.807, 2.05) is 12.1 Å². The van der Waals surface area contributed by atoms with Crippen molar-refractivity contribution < 1.29 is 37.1 Å². The first-order chi connectivity index (χ1) is 21.1. The van der Waals surface area contributed by atoms with Crippen molar-refractivity contribution in [2.75, 3.05) is 33.4 Å². The van der Waals surface area contributed by atoms with Crippen molar-refractivity contribution in [3.63, 3.8) is 0 Å². The summed E-state index contributed by atoms with van der Waals surface area (Å²) in [4.78, 5) is 41.5. The maximum atomic E-state index is 14.1. The molecule has 3 N–H and O–H groups in total. The molecule has 0 atom stereocenters. The summed E-state index contributed by atoms with van der Waals surface area (Å²) in [5.41, 5.74) is 0.0647. The number of ether oxygens (including phenoxy) is 2. The van der Waals surface area contributed by atoms with Gasteiger partial charge >= 0.3 is 0 Å². The van der Waals surface area contributed by atoms with Crippen LogP contribution >= 0.6 is 0 Å². The number of nitrogens with zero attached hydrogens (tertiary/aromatic N) is 1. The highest BCUT2D eigenvalue weighted by molar-refractivity contribution is 6.02. The first-order valence-corrected chi connectivity index (χ1v) is 14.7. The number of nitrogens with one attached hydrogen (secondary N) is 3. The summed E-state index contributed by atoms with van der Waals surface area (Å²) in [6.45, 7) is 2.00. The normalized spacial score (nSPS) is 20.0. The van der Waals surface area contributed by atoms with Crippen LogP contribution in [0.15, 0.2) is 46.9 Å². The summed E-state index contributed by atoms with van der Waals surface area (Å²) in [5, 5.41) is 13.8. The van der Waals surface area contributed by atoms with Gasteiger partial charge in [0.05, 0.1) is 31.4 Å².